The predicted octanol–water partition coefficient (Wildman–Crippen LogP) is 0.650. The first kappa shape index (κ1) is 7.92. The average molecular weight is 118 g/mol. The van der Waals surface area contributed by atoms with Gasteiger partial charge in [0, 0.05) is 7.11 Å². The number of rotatable bonds is 3. The van der Waals surface area contributed by atoms with E-state index in [1.54, 1.807) is 7.11 Å². The Morgan fingerprint density at radius 3 is 2.00 bits per heavy atom. The van der Waals surface area contributed by atoms with Crippen LogP contribution in [0.15, 0.2) is 0 Å². The molecule has 0 aromatic rings. The normalized spacial score (nSPS) is 14.6. The molecule has 8 heavy (non-hydrogen) atoms. The average Bonchev–Trinajstić information content (AvgIpc) is 1.69. The fourth-order valence-corrected chi connectivity index (χ4v) is 0.558. The van der Waals surface area contributed by atoms with Gasteiger partial charge in [-0.3, -0.25) is 0 Å². The van der Waals surface area contributed by atoms with Crippen molar-refractivity contribution in [3.63, 3.8) is 0 Å². The standard InChI is InChI=1S/C6H14O2/c1-5(2)6(4-7)8-3/h5-7H,4H2,1-3H3/t6-/m0/s1. The molecular formula is C6H14O2. The maximum atomic E-state index is 8.57. The molecular weight excluding hydrogens is 104 g/mol. The fraction of sp³-hybridized carbons (Fsp3) is 1.00. The summed E-state index contributed by atoms with van der Waals surface area (Å²) in [6, 6.07) is 0. The first-order chi connectivity index (χ1) is 3.72. The van der Waals surface area contributed by atoms with Crippen LogP contribution in [0.4, 0.5) is 0 Å². The number of hydrogen-bond acceptors (Lipinski definition) is 2. The zero-order valence-corrected chi connectivity index (χ0v) is 5.72. The minimum absolute atomic E-state index is 0.00926. The zero-order chi connectivity index (χ0) is 6.57. The minimum atomic E-state index is 0.00926. The lowest BCUT2D eigenvalue weighted by molar-refractivity contribution is 0.0181. The molecule has 0 amide bonds. The molecule has 0 spiro atoms. The molecule has 0 saturated carbocycles. The summed E-state index contributed by atoms with van der Waals surface area (Å²) in [4.78, 5) is 0. The van der Waals surface area contributed by atoms with E-state index in [4.69, 9.17) is 9.84 Å². The Morgan fingerprint density at radius 1 is 1.50 bits per heavy atom. The molecule has 0 unspecified atom stereocenters. The van der Waals surface area contributed by atoms with Gasteiger partial charge in [0.15, 0.2) is 0 Å². The second-order valence-corrected chi connectivity index (χ2v) is 2.20. The van der Waals surface area contributed by atoms with Gasteiger partial charge in [-0.15, -0.1) is 0 Å². The fourth-order valence-electron chi connectivity index (χ4n) is 0.558. The second-order valence-electron chi connectivity index (χ2n) is 2.20. The van der Waals surface area contributed by atoms with Crippen molar-refractivity contribution in [1.29, 1.82) is 0 Å². The van der Waals surface area contributed by atoms with Crippen LogP contribution < -0.4 is 0 Å². The van der Waals surface area contributed by atoms with Crippen molar-refractivity contribution in [2.24, 2.45) is 5.92 Å². The summed E-state index contributed by atoms with van der Waals surface area (Å²) in [5.74, 6) is 0.407. The summed E-state index contributed by atoms with van der Waals surface area (Å²) in [6.45, 7) is 4.16. The molecule has 0 heterocycles. The van der Waals surface area contributed by atoms with Crippen molar-refractivity contribution in [3.8, 4) is 0 Å². The number of aliphatic hydroxyl groups is 1. The molecule has 0 aromatic carbocycles. The van der Waals surface area contributed by atoms with Crippen LogP contribution in [0.25, 0.3) is 0 Å². The lowest BCUT2D eigenvalue weighted by Crippen LogP contribution is -2.21. The Bertz CT molecular complexity index is 48.5. The largest absolute Gasteiger partial charge is 0.394 e. The van der Waals surface area contributed by atoms with Crippen molar-refractivity contribution in [2.75, 3.05) is 13.7 Å². The SMILES string of the molecule is CO[C@@H](CO)C(C)C. The van der Waals surface area contributed by atoms with Crippen LogP contribution in [0.5, 0.6) is 0 Å². The summed E-state index contributed by atoms with van der Waals surface area (Å²) in [5, 5.41) is 8.57. The maximum absolute atomic E-state index is 8.57. The summed E-state index contributed by atoms with van der Waals surface area (Å²) in [5.41, 5.74) is 0. The molecule has 0 fully saturated rings. The highest BCUT2D eigenvalue weighted by Crippen LogP contribution is 2.02. The third-order valence-corrected chi connectivity index (χ3v) is 1.23. The van der Waals surface area contributed by atoms with E-state index in [-0.39, 0.29) is 12.7 Å². The van der Waals surface area contributed by atoms with Gasteiger partial charge in [0.1, 0.15) is 0 Å². The van der Waals surface area contributed by atoms with Crippen LogP contribution >= 0.6 is 0 Å². The molecule has 0 aliphatic rings. The minimum Gasteiger partial charge on any atom is -0.394 e. The zero-order valence-electron chi connectivity index (χ0n) is 5.72. The molecule has 0 aliphatic heterocycles. The van der Waals surface area contributed by atoms with Crippen LogP contribution in [-0.2, 0) is 4.74 Å². The Kier molecular flexibility index (Phi) is 3.83. The summed E-state index contributed by atoms with van der Waals surface area (Å²) in [6.07, 6.45) is 0.00926. The third-order valence-electron chi connectivity index (χ3n) is 1.23. The highest BCUT2D eigenvalue weighted by Gasteiger charge is 2.08. The smallest absolute Gasteiger partial charge is 0.0824 e. The molecule has 2 nitrogen and oxygen atoms in total. The van der Waals surface area contributed by atoms with Crippen molar-refractivity contribution < 1.29 is 9.84 Å². The molecule has 0 radical (unpaired) electrons. The summed E-state index contributed by atoms with van der Waals surface area (Å²) < 4.78 is 4.91. The third kappa shape index (κ3) is 2.28. The quantitative estimate of drug-likeness (QED) is 0.589. The maximum Gasteiger partial charge on any atom is 0.0824 e. The molecule has 0 aliphatic carbocycles. The van der Waals surface area contributed by atoms with E-state index in [9.17, 15) is 0 Å². The van der Waals surface area contributed by atoms with Gasteiger partial charge in [0.25, 0.3) is 0 Å². The number of hydrogen-bond donors (Lipinski definition) is 1. The molecule has 50 valence electrons. The Balaban J connectivity index is 3.35. The van der Waals surface area contributed by atoms with E-state index < -0.39 is 0 Å². The van der Waals surface area contributed by atoms with Gasteiger partial charge in [0.05, 0.1) is 12.7 Å². The van der Waals surface area contributed by atoms with Crippen LogP contribution in [0.2, 0.25) is 0 Å². The lowest BCUT2D eigenvalue weighted by Gasteiger charge is -2.14. The first-order valence-electron chi connectivity index (χ1n) is 2.86. The van der Waals surface area contributed by atoms with Crippen LogP contribution in [0.1, 0.15) is 13.8 Å². The number of aliphatic hydroxyl groups excluding tert-OH is 1. The number of methoxy groups -OCH3 is 1. The van der Waals surface area contributed by atoms with Crippen LogP contribution in [0, 0.1) is 5.92 Å². The topological polar surface area (TPSA) is 29.5 Å². The van der Waals surface area contributed by atoms with E-state index in [2.05, 4.69) is 0 Å². The molecule has 0 rings (SSSR count). The van der Waals surface area contributed by atoms with Crippen molar-refractivity contribution in [3.05, 3.63) is 0 Å². The van der Waals surface area contributed by atoms with Gasteiger partial charge in [0.2, 0.25) is 0 Å². The van der Waals surface area contributed by atoms with Gasteiger partial charge in [-0.2, -0.15) is 0 Å². The van der Waals surface area contributed by atoms with E-state index in [0.717, 1.165) is 0 Å². The molecule has 2 heteroatoms. The van der Waals surface area contributed by atoms with Crippen LogP contribution in [0.3, 0.4) is 0 Å². The monoisotopic (exact) mass is 118 g/mol. The number of ether oxygens (including phenoxy) is 1. The Morgan fingerprint density at radius 2 is 2.00 bits per heavy atom. The van der Waals surface area contributed by atoms with Gasteiger partial charge < -0.3 is 9.84 Å². The van der Waals surface area contributed by atoms with Gasteiger partial charge in [-0.25, -0.2) is 0 Å². The summed E-state index contributed by atoms with van der Waals surface area (Å²) >= 11 is 0. The van der Waals surface area contributed by atoms with Crippen molar-refractivity contribution >= 4 is 0 Å². The van der Waals surface area contributed by atoms with Crippen molar-refractivity contribution in [1.82, 2.24) is 0 Å². The Labute approximate surface area is 50.5 Å². The highest BCUT2D eigenvalue weighted by atomic mass is 16.5. The predicted molar refractivity (Wildman–Crippen MR) is 32.7 cm³/mol. The van der Waals surface area contributed by atoms with E-state index >= 15 is 0 Å². The van der Waals surface area contributed by atoms with Crippen molar-refractivity contribution in [2.45, 2.75) is 20.0 Å². The van der Waals surface area contributed by atoms with Gasteiger partial charge in [-0.1, -0.05) is 13.8 Å². The van der Waals surface area contributed by atoms with E-state index in [1.165, 1.54) is 0 Å². The van der Waals surface area contributed by atoms with Gasteiger partial charge >= 0.3 is 0 Å². The molecule has 1 N–H and O–H groups in total. The van der Waals surface area contributed by atoms with E-state index in [1.807, 2.05) is 13.8 Å². The summed E-state index contributed by atoms with van der Waals surface area (Å²) in [7, 11) is 1.61. The lowest BCUT2D eigenvalue weighted by atomic mass is 10.1. The highest BCUT2D eigenvalue weighted by molar-refractivity contribution is 4.57. The van der Waals surface area contributed by atoms with Crippen LogP contribution in [-0.4, -0.2) is 24.9 Å². The van der Waals surface area contributed by atoms with Gasteiger partial charge in [-0.05, 0) is 5.92 Å². The Hall–Kier alpha value is -0.0800. The molecule has 0 bridgehead atoms. The second kappa shape index (κ2) is 3.87. The molecule has 0 saturated heterocycles. The first-order valence-corrected chi connectivity index (χ1v) is 2.86. The molecule has 0 aromatic heterocycles. The van der Waals surface area contributed by atoms with E-state index in [0.29, 0.717) is 5.92 Å². The molecule has 1 atom stereocenters.